The molecule has 0 amide bonds. The van der Waals surface area contributed by atoms with Gasteiger partial charge < -0.3 is 9.09 Å². The standard InChI is InChI=1S/C17H15N5O/c1-2-16-20-15(21-23-16)11-22-10-9-18-17(22)14-8-7-12-5-3-4-6-13(12)19-14/h3-10H,2,11H2,1H3. The van der Waals surface area contributed by atoms with Crippen molar-refractivity contribution < 1.29 is 4.52 Å². The van der Waals surface area contributed by atoms with Crippen molar-refractivity contribution in [3.8, 4) is 11.5 Å². The molecule has 6 nitrogen and oxygen atoms in total. The minimum atomic E-state index is 0.507. The van der Waals surface area contributed by atoms with Crippen LogP contribution in [0.25, 0.3) is 22.4 Å². The first kappa shape index (κ1) is 13.6. The first-order valence-corrected chi connectivity index (χ1v) is 7.52. The third-order valence-electron chi connectivity index (χ3n) is 3.67. The molecule has 0 aliphatic heterocycles. The Balaban J connectivity index is 1.70. The van der Waals surface area contributed by atoms with Gasteiger partial charge in [0.25, 0.3) is 0 Å². The number of benzene rings is 1. The van der Waals surface area contributed by atoms with E-state index in [9.17, 15) is 0 Å². The lowest BCUT2D eigenvalue weighted by molar-refractivity contribution is 0.375. The Morgan fingerprint density at radius 2 is 2.00 bits per heavy atom. The lowest BCUT2D eigenvalue weighted by Gasteiger charge is -2.06. The lowest BCUT2D eigenvalue weighted by atomic mass is 10.2. The molecular formula is C17H15N5O. The van der Waals surface area contributed by atoms with Crippen LogP contribution in [-0.2, 0) is 13.0 Å². The van der Waals surface area contributed by atoms with Crippen molar-refractivity contribution in [3.05, 3.63) is 60.5 Å². The first-order chi connectivity index (χ1) is 11.3. The van der Waals surface area contributed by atoms with Gasteiger partial charge in [0, 0.05) is 24.2 Å². The van der Waals surface area contributed by atoms with Crippen molar-refractivity contribution >= 4 is 10.9 Å². The molecule has 0 bridgehead atoms. The van der Waals surface area contributed by atoms with Gasteiger partial charge in [-0.3, -0.25) is 0 Å². The fraction of sp³-hybridized carbons (Fsp3) is 0.176. The van der Waals surface area contributed by atoms with Gasteiger partial charge in [-0.2, -0.15) is 4.98 Å². The average Bonchev–Trinajstić information content (AvgIpc) is 3.24. The van der Waals surface area contributed by atoms with Crippen LogP contribution in [0.1, 0.15) is 18.6 Å². The predicted molar refractivity (Wildman–Crippen MR) is 85.7 cm³/mol. The molecule has 4 aromatic rings. The van der Waals surface area contributed by atoms with Gasteiger partial charge in [0.15, 0.2) is 11.6 Å². The van der Waals surface area contributed by atoms with Gasteiger partial charge >= 0.3 is 0 Å². The van der Waals surface area contributed by atoms with Gasteiger partial charge in [0.2, 0.25) is 5.89 Å². The predicted octanol–water partition coefficient (Wildman–Crippen LogP) is 3.09. The second-order valence-corrected chi connectivity index (χ2v) is 5.23. The summed E-state index contributed by atoms with van der Waals surface area (Å²) in [4.78, 5) is 13.5. The summed E-state index contributed by atoms with van der Waals surface area (Å²) >= 11 is 0. The molecule has 114 valence electrons. The average molecular weight is 305 g/mol. The van der Waals surface area contributed by atoms with Crippen LogP contribution in [0, 0.1) is 0 Å². The third-order valence-corrected chi connectivity index (χ3v) is 3.67. The maximum atomic E-state index is 5.16. The van der Waals surface area contributed by atoms with Crippen molar-refractivity contribution in [1.29, 1.82) is 0 Å². The van der Waals surface area contributed by atoms with E-state index in [1.807, 2.05) is 48.0 Å². The molecule has 0 radical (unpaired) electrons. The topological polar surface area (TPSA) is 69.6 Å². The summed E-state index contributed by atoms with van der Waals surface area (Å²) in [5.74, 6) is 2.07. The molecular weight excluding hydrogens is 290 g/mol. The van der Waals surface area contributed by atoms with Crippen LogP contribution in [0.2, 0.25) is 0 Å². The Morgan fingerprint density at radius 3 is 2.87 bits per heavy atom. The molecule has 6 heteroatoms. The van der Waals surface area contributed by atoms with E-state index in [0.717, 1.165) is 28.8 Å². The van der Waals surface area contributed by atoms with Crippen molar-refractivity contribution in [3.63, 3.8) is 0 Å². The molecule has 0 fully saturated rings. The maximum absolute atomic E-state index is 5.16. The number of fused-ring (bicyclic) bond motifs is 1. The number of aryl methyl sites for hydroxylation is 1. The molecule has 23 heavy (non-hydrogen) atoms. The number of aromatic nitrogens is 5. The Bertz CT molecular complexity index is 956. The van der Waals surface area contributed by atoms with Crippen molar-refractivity contribution in [1.82, 2.24) is 24.7 Å². The van der Waals surface area contributed by atoms with Crippen LogP contribution < -0.4 is 0 Å². The number of pyridine rings is 1. The van der Waals surface area contributed by atoms with Gasteiger partial charge in [-0.05, 0) is 12.1 Å². The molecule has 0 N–H and O–H groups in total. The summed E-state index contributed by atoms with van der Waals surface area (Å²) in [5.41, 5.74) is 1.78. The number of imidazole rings is 1. The fourth-order valence-corrected chi connectivity index (χ4v) is 2.51. The van der Waals surface area contributed by atoms with E-state index >= 15 is 0 Å². The smallest absolute Gasteiger partial charge is 0.226 e. The van der Waals surface area contributed by atoms with Crippen LogP contribution in [0.5, 0.6) is 0 Å². The Hall–Kier alpha value is -3.02. The van der Waals surface area contributed by atoms with Gasteiger partial charge in [0.05, 0.1) is 12.1 Å². The van der Waals surface area contributed by atoms with Crippen LogP contribution >= 0.6 is 0 Å². The van der Waals surface area contributed by atoms with E-state index in [1.54, 1.807) is 6.20 Å². The largest absolute Gasteiger partial charge is 0.339 e. The summed E-state index contributed by atoms with van der Waals surface area (Å²) in [6.45, 7) is 2.49. The second kappa shape index (κ2) is 5.64. The Labute approximate surface area is 132 Å². The van der Waals surface area contributed by atoms with Gasteiger partial charge in [0.1, 0.15) is 5.69 Å². The molecule has 1 aromatic carbocycles. The van der Waals surface area contributed by atoms with Crippen LogP contribution in [0.4, 0.5) is 0 Å². The Morgan fingerprint density at radius 1 is 1.09 bits per heavy atom. The number of hydrogen-bond donors (Lipinski definition) is 0. The molecule has 0 saturated heterocycles. The quantitative estimate of drug-likeness (QED) is 0.579. The van der Waals surface area contributed by atoms with Gasteiger partial charge in [-0.1, -0.05) is 36.3 Å². The van der Waals surface area contributed by atoms with Gasteiger partial charge in [-0.15, -0.1) is 0 Å². The number of hydrogen-bond acceptors (Lipinski definition) is 5. The molecule has 0 unspecified atom stereocenters. The summed E-state index contributed by atoms with van der Waals surface area (Å²) in [5, 5.41) is 5.10. The monoisotopic (exact) mass is 305 g/mol. The molecule has 3 aromatic heterocycles. The van der Waals surface area contributed by atoms with Crippen molar-refractivity contribution in [2.75, 3.05) is 0 Å². The van der Waals surface area contributed by atoms with E-state index in [-0.39, 0.29) is 0 Å². The van der Waals surface area contributed by atoms with E-state index in [1.165, 1.54) is 0 Å². The minimum absolute atomic E-state index is 0.507. The molecule has 0 saturated carbocycles. The number of rotatable bonds is 4. The normalized spacial score (nSPS) is 11.2. The maximum Gasteiger partial charge on any atom is 0.226 e. The van der Waals surface area contributed by atoms with Crippen LogP contribution in [0.3, 0.4) is 0 Å². The number of para-hydroxylation sites is 1. The zero-order chi connectivity index (χ0) is 15.6. The highest BCUT2D eigenvalue weighted by atomic mass is 16.5. The molecule has 0 aliphatic rings. The summed E-state index contributed by atoms with van der Waals surface area (Å²) in [6.07, 6.45) is 4.39. The number of nitrogens with zero attached hydrogens (tertiary/aromatic N) is 5. The summed E-state index contributed by atoms with van der Waals surface area (Å²) < 4.78 is 7.13. The Kier molecular flexibility index (Phi) is 3.34. The highest BCUT2D eigenvalue weighted by Gasteiger charge is 2.11. The van der Waals surface area contributed by atoms with E-state index in [4.69, 9.17) is 9.51 Å². The van der Waals surface area contributed by atoms with E-state index < -0.39 is 0 Å². The van der Waals surface area contributed by atoms with Gasteiger partial charge in [-0.25, -0.2) is 9.97 Å². The molecule has 0 atom stereocenters. The minimum Gasteiger partial charge on any atom is -0.339 e. The SMILES string of the molecule is CCc1nc(Cn2ccnc2-c2ccc3ccccc3n2)no1. The van der Waals surface area contributed by atoms with E-state index in [0.29, 0.717) is 18.3 Å². The third kappa shape index (κ3) is 2.59. The van der Waals surface area contributed by atoms with Crippen LogP contribution in [-0.4, -0.2) is 24.7 Å². The highest BCUT2D eigenvalue weighted by Crippen LogP contribution is 2.20. The summed E-state index contributed by atoms with van der Waals surface area (Å²) in [7, 11) is 0. The zero-order valence-corrected chi connectivity index (χ0v) is 12.7. The fourth-order valence-electron chi connectivity index (χ4n) is 2.51. The zero-order valence-electron chi connectivity index (χ0n) is 12.7. The molecule has 3 heterocycles. The second-order valence-electron chi connectivity index (χ2n) is 5.23. The van der Waals surface area contributed by atoms with Crippen molar-refractivity contribution in [2.24, 2.45) is 0 Å². The molecule has 0 spiro atoms. The summed E-state index contributed by atoms with van der Waals surface area (Å²) in [6, 6.07) is 12.1. The molecule has 4 rings (SSSR count). The van der Waals surface area contributed by atoms with Crippen molar-refractivity contribution in [2.45, 2.75) is 19.9 Å². The lowest BCUT2D eigenvalue weighted by Crippen LogP contribution is -2.03. The molecule has 0 aliphatic carbocycles. The highest BCUT2D eigenvalue weighted by molar-refractivity contribution is 5.80. The van der Waals surface area contributed by atoms with E-state index in [2.05, 4.69) is 21.2 Å². The first-order valence-electron chi connectivity index (χ1n) is 7.52. The van der Waals surface area contributed by atoms with Crippen LogP contribution in [0.15, 0.2) is 53.3 Å².